The van der Waals surface area contributed by atoms with Crippen molar-refractivity contribution >= 4 is 17.5 Å². The van der Waals surface area contributed by atoms with Crippen LogP contribution in [0.5, 0.6) is 0 Å². The number of benzene rings is 3. The highest BCUT2D eigenvalue weighted by molar-refractivity contribution is 6.19. The number of aliphatic imine (C=N–C) groups is 1. The van der Waals surface area contributed by atoms with E-state index in [1.807, 2.05) is 72.8 Å². The number of hydrogen-bond acceptors (Lipinski definition) is 4. The Hall–Kier alpha value is -3.57. The summed E-state index contributed by atoms with van der Waals surface area (Å²) in [6.45, 7) is 1.26. The molecule has 0 unspecified atom stereocenters. The second-order valence-electron chi connectivity index (χ2n) is 7.95. The van der Waals surface area contributed by atoms with Crippen molar-refractivity contribution in [3.63, 3.8) is 0 Å². The normalized spacial score (nSPS) is 16.8. The largest absolute Gasteiger partial charge is 0.480 e. The minimum atomic E-state index is -1.01. The van der Waals surface area contributed by atoms with Crippen molar-refractivity contribution in [2.24, 2.45) is 4.99 Å². The van der Waals surface area contributed by atoms with Crippen LogP contribution in [0.4, 0.5) is 0 Å². The second-order valence-corrected chi connectivity index (χ2v) is 7.95. The van der Waals surface area contributed by atoms with Gasteiger partial charge in [-0.1, -0.05) is 84.9 Å². The molecule has 1 fully saturated rings. The molecule has 5 nitrogen and oxygen atoms in total. The number of aliphatic carboxylic acids is 1. The van der Waals surface area contributed by atoms with Gasteiger partial charge in [0.15, 0.2) is 5.78 Å². The third-order valence-electron chi connectivity index (χ3n) is 5.76. The fourth-order valence-corrected chi connectivity index (χ4v) is 4.29. The quantitative estimate of drug-likeness (QED) is 0.427. The van der Waals surface area contributed by atoms with Gasteiger partial charge in [0.25, 0.3) is 0 Å². The van der Waals surface area contributed by atoms with Gasteiger partial charge in [-0.3, -0.25) is 19.5 Å². The van der Waals surface area contributed by atoms with Gasteiger partial charge in [0.1, 0.15) is 6.54 Å². The van der Waals surface area contributed by atoms with Crippen LogP contribution in [-0.4, -0.2) is 46.6 Å². The van der Waals surface area contributed by atoms with Gasteiger partial charge < -0.3 is 5.11 Å². The van der Waals surface area contributed by atoms with Crippen molar-refractivity contribution in [3.8, 4) is 0 Å². The lowest BCUT2D eigenvalue weighted by atomic mass is 9.92. The zero-order chi connectivity index (χ0) is 22.3. The zero-order valence-electron chi connectivity index (χ0n) is 17.9. The van der Waals surface area contributed by atoms with E-state index in [1.54, 1.807) is 0 Å². The fourth-order valence-electron chi connectivity index (χ4n) is 4.29. The van der Waals surface area contributed by atoms with Crippen molar-refractivity contribution in [1.82, 2.24) is 4.90 Å². The van der Waals surface area contributed by atoms with E-state index < -0.39 is 5.97 Å². The summed E-state index contributed by atoms with van der Waals surface area (Å²) >= 11 is 0. The summed E-state index contributed by atoms with van der Waals surface area (Å²) in [5.41, 5.74) is 3.78. The fraction of sp³-hybridized carbons (Fsp3) is 0.222. The topological polar surface area (TPSA) is 70.0 Å². The summed E-state index contributed by atoms with van der Waals surface area (Å²) in [6.07, 6.45) is 1.79. The number of carboxylic acids is 1. The number of ketones is 1. The summed E-state index contributed by atoms with van der Waals surface area (Å²) in [7, 11) is 0. The molecule has 0 bridgehead atoms. The van der Waals surface area contributed by atoms with Crippen molar-refractivity contribution in [3.05, 3.63) is 107 Å². The highest BCUT2D eigenvalue weighted by atomic mass is 16.4. The smallest absolute Gasteiger partial charge is 0.325 e. The number of likely N-dealkylation sites (tertiary alicyclic amines) is 1. The summed E-state index contributed by atoms with van der Waals surface area (Å²) in [5, 5.41) is 9.20. The molecule has 3 aromatic carbocycles. The van der Waals surface area contributed by atoms with E-state index >= 15 is 0 Å². The molecule has 0 radical (unpaired) electrons. The molecule has 4 rings (SSSR count). The van der Waals surface area contributed by atoms with E-state index in [4.69, 9.17) is 0 Å². The molecule has 1 aliphatic rings. The number of hydrogen-bond donors (Lipinski definition) is 1. The molecule has 0 spiro atoms. The summed E-state index contributed by atoms with van der Waals surface area (Å²) in [4.78, 5) is 31.6. The third kappa shape index (κ3) is 5.01. The molecule has 1 saturated heterocycles. The molecular weight excluding hydrogens is 400 g/mol. The van der Waals surface area contributed by atoms with E-state index in [9.17, 15) is 14.7 Å². The zero-order valence-corrected chi connectivity index (χ0v) is 17.9. The Labute approximate surface area is 188 Å². The van der Waals surface area contributed by atoms with E-state index in [-0.39, 0.29) is 18.4 Å². The predicted octanol–water partition coefficient (Wildman–Crippen LogP) is 4.46. The monoisotopic (exact) mass is 426 g/mol. The Morgan fingerprint density at radius 1 is 0.875 bits per heavy atom. The van der Waals surface area contributed by atoms with Crippen molar-refractivity contribution < 1.29 is 14.7 Å². The van der Waals surface area contributed by atoms with Crippen molar-refractivity contribution in [2.45, 2.75) is 25.4 Å². The SMILES string of the molecule is O=C(O)CN=C(c1ccccc1)c1ccccc1C(=O)[C@@H]1CCCN1Cc1ccccc1. The van der Waals surface area contributed by atoms with Crippen LogP contribution in [0.1, 0.15) is 39.9 Å². The van der Waals surface area contributed by atoms with E-state index in [0.717, 1.165) is 31.5 Å². The highest BCUT2D eigenvalue weighted by Crippen LogP contribution is 2.26. The number of rotatable bonds is 8. The van der Waals surface area contributed by atoms with Gasteiger partial charge in [0, 0.05) is 23.2 Å². The minimum absolute atomic E-state index is 0.0630. The van der Waals surface area contributed by atoms with Crippen molar-refractivity contribution in [2.75, 3.05) is 13.1 Å². The van der Waals surface area contributed by atoms with Crippen LogP contribution in [0.15, 0.2) is 89.9 Å². The van der Waals surface area contributed by atoms with Crippen LogP contribution in [0.3, 0.4) is 0 Å². The highest BCUT2D eigenvalue weighted by Gasteiger charge is 2.32. The molecule has 3 aromatic rings. The summed E-state index contributed by atoms with van der Waals surface area (Å²) < 4.78 is 0. The molecule has 1 atom stereocenters. The van der Waals surface area contributed by atoms with Crippen LogP contribution < -0.4 is 0 Å². The number of Topliss-reactive ketones (excluding diaryl/α,β-unsaturated/α-hetero) is 1. The molecule has 0 aliphatic carbocycles. The standard InChI is InChI=1S/C27H26N2O3/c30-25(31)18-28-26(21-12-5-2-6-13-21)22-14-7-8-15-23(22)27(32)24-16-9-17-29(24)19-20-10-3-1-4-11-20/h1-8,10-15,24H,9,16-19H2,(H,30,31)/t24-/m0/s1. The van der Waals surface area contributed by atoms with Gasteiger partial charge in [0.2, 0.25) is 0 Å². The molecule has 1 N–H and O–H groups in total. The molecule has 1 heterocycles. The number of carbonyl (C=O) groups is 2. The Kier molecular flexibility index (Phi) is 6.87. The molecule has 162 valence electrons. The summed E-state index contributed by atoms with van der Waals surface area (Å²) in [5.74, 6) is -0.944. The summed E-state index contributed by atoms with van der Waals surface area (Å²) in [6, 6.07) is 26.8. The first-order chi connectivity index (χ1) is 15.6. The minimum Gasteiger partial charge on any atom is -0.480 e. The lowest BCUT2D eigenvalue weighted by molar-refractivity contribution is -0.135. The molecule has 0 amide bonds. The van der Waals surface area contributed by atoms with E-state index in [2.05, 4.69) is 22.0 Å². The molecule has 0 aromatic heterocycles. The Morgan fingerprint density at radius 2 is 1.50 bits per heavy atom. The Morgan fingerprint density at radius 3 is 2.19 bits per heavy atom. The predicted molar refractivity (Wildman–Crippen MR) is 125 cm³/mol. The maximum atomic E-state index is 13.7. The molecule has 0 saturated carbocycles. The van der Waals surface area contributed by atoms with Gasteiger partial charge in [-0.05, 0) is 24.9 Å². The van der Waals surface area contributed by atoms with Gasteiger partial charge >= 0.3 is 5.97 Å². The number of nitrogens with zero attached hydrogens (tertiary/aromatic N) is 2. The van der Waals surface area contributed by atoms with Crippen LogP contribution >= 0.6 is 0 Å². The van der Waals surface area contributed by atoms with Crippen LogP contribution in [0.2, 0.25) is 0 Å². The first-order valence-corrected chi connectivity index (χ1v) is 10.9. The maximum Gasteiger partial charge on any atom is 0.325 e. The van der Waals surface area contributed by atoms with Gasteiger partial charge in [0.05, 0.1) is 11.8 Å². The third-order valence-corrected chi connectivity index (χ3v) is 5.76. The van der Waals surface area contributed by atoms with Gasteiger partial charge in [-0.15, -0.1) is 0 Å². The average molecular weight is 427 g/mol. The van der Waals surface area contributed by atoms with E-state index in [1.165, 1.54) is 5.56 Å². The molecule has 1 aliphatic heterocycles. The average Bonchev–Trinajstić information content (AvgIpc) is 3.28. The molecule has 32 heavy (non-hydrogen) atoms. The maximum absolute atomic E-state index is 13.7. The molecule has 5 heteroatoms. The lowest BCUT2D eigenvalue weighted by Crippen LogP contribution is -2.36. The molecular formula is C27H26N2O3. The van der Waals surface area contributed by atoms with Crippen LogP contribution in [-0.2, 0) is 11.3 Å². The van der Waals surface area contributed by atoms with E-state index in [0.29, 0.717) is 16.8 Å². The van der Waals surface area contributed by atoms with Crippen molar-refractivity contribution in [1.29, 1.82) is 0 Å². The second kappa shape index (κ2) is 10.2. The Bertz CT molecular complexity index is 1110. The lowest BCUT2D eigenvalue weighted by Gasteiger charge is -2.24. The van der Waals surface area contributed by atoms with Crippen LogP contribution in [0, 0.1) is 0 Å². The Balaban J connectivity index is 1.68. The van der Waals surface area contributed by atoms with Gasteiger partial charge in [-0.25, -0.2) is 0 Å². The van der Waals surface area contributed by atoms with Crippen LogP contribution in [0.25, 0.3) is 0 Å². The number of carboxylic acid groups (broad SMARTS) is 1. The first-order valence-electron chi connectivity index (χ1n) is 10.9. The van der Waals surface area contributed by atoms with Gasteiger partial charge in [-0.2, -0.15) is 0 Å². The number of carbonyl (C=O) groups excluding carboxylic acids is 1. The first kappa shape index (κ1) is 21.7.